The third kappa shape index (κ3) is 1.94. The summed E-state index contributed by atoms with van der Waals surface area (Å²) in [6.45, 7) is 0. The number of hydrogen-bond acceptors (Lipinski definition) is 1. The summed E-state index contributed by atoms with van der Waals surface area (Å²) in [5.74, 6) is 0. The molecule has 1 N–H and O–H groups in total. The van der Waals surface area contributed by atoms with E-state index in [1.54, 1.807) is 11.1 Å². The average Bonchev–Trinajstić information content (AvgIpc) is 2.88. The molecule has 2 saturated carbocycles. The van der Waals surface area contributed by atoms with Crippen LogP contribution in [0.25, 0.3) is 0 Å². The molecule has 1 spiro atoms. The minimum Gasteiger partial charge on any atom is -0.307 e. The van der Waals surface area contributed by atoms with Gasteiger partial charge in [-0.15, -0.1) is 0 Å². The molecule has 3 aliphatic rings. The second-order valence-electron chi connectivity index (χ2n) is 6.97. The monoisotopic (exact) mass is 255 g/mol. The molecule has 4 rings (SSSR count). The van der Waals surface area contributed by atoms with Crippen LogP contribution >= 0.6 is 0 Å². The van der Waals surface area contributed by atoms with Crippen LogP contribution in [-0.2, 0) is 6.42 Å². The minimum atomic E-state index is 0.639. The number of fused-ring (bicyclic) bond motifs is 1. The molecule has 0 bridgehead atoms. The Balaban J connectivity index is 1.48. The summed E-state index contributed by atoms with van der Waals surface area (Å²) < 4.78 is 0. The first-order chi connectivity index (χ1) is 9.37. The van der Waals surface area contributed by atoms with E-state index in [0.29, 0.717) is 11.5 Å². The van der Waals surface area contributed by atoms with Crippen LogP contribution in [-0.4, -0.2) is 6.04 Å². The molecule has 1 nitrogen and oxygen atoms in total. The van der Waals surface area contributed by atoms with Crippen molar-refractivity contribution in [2.45, 2.75) is 69.9 Å². The minimum absolute atomic E-state index is 0.639. The van der Waals surface area contributed by atoms with Crippen LogP contribution < -0.4 is 5.32 Å². The van der Waals surface area contributed by atoms with E-state index in [2.05, 4.69) is 29.6 Å². The SMILES string of the molecule is c1ccc2c(c1)CCC2NC1CCC12CCCCC2. The van der Waals surface area contributed by atoms with Crippen LogP contribution in [0.15, 0.2) is 24.3 Å². The Morgan fingerprint density at radius 2 is 1.79 bits per heavy atom. The zero-order chi connectivity index (χ0) is 12.7. The summed E-state index contributed by atoms with van der Waals surface area (Å²) in [6.07, 6.45) is 12.9. The lowest BCUT2D eigenvalue weighted by Gasteiger charge is -2.53. The van der Waals surface area contributed by atoms with Crippen molar-refractivity contribution in [3.05, 3.63) is 35.4 Å². The summed E-state index contributed by atoms with van der Waals surface area (Å²) in [5, 5.41) is 4.03. The van der Waals surface area contributed by atoms with Crippen molar-refractivity contribution in [2.75, 3.05) is 0 Å². The predicted molar refractivity (Wildman–Crippen MR) is 79.2 cm³/mol. The highest BCUT2D eigenvalue weighted by Gasteiger charge is 2.47. The van der Waals surface area contributed by atoms with Gasteiger partial charge >= 0.3 is 0 Å². The van der Waals surface area contributed by atoms with E-state index in [1.165, 1.54) is 57.8 Å². The summed E-state index contributed by atoms with van der Waals surface area (Å²) in [4.78, 5) is 0. The van der Waals surface area contributed by atoms with E-state index in [0.717, 1.165) is 6.04 Å². The van der Waals surface area contributed by atoms with Gasteiger partial charge in [-0.25, -0.2) is 0 Å². The number of hydrogen-bond donors (Lipinski definition) is 1. The third-order valence-corrected chi connectivity index (χ3v) is 6.05. The average molecular weight is 255 g/mol. The first-order valence-corrected chi connectivity index (χ1v) is 8.21. The Hall–Kier alpha value is -0.820. The Kier molecular flexibility index (Phi) is 2.91. The molecular weight excluding hydrogens is 230 g/mol. The van der Waals surface area contributed by atoms with Crippen LogP contribution in [0.2, 0.25) is 0 Å². The van der Waals surface area contributed by atoms with E-state index >= 15 is 0 Å². The van der Waals surface area contributed by atoms with Crippen LogP contribution in [0.1, 0.15) is 68.5 Å². The quantitative estimate of drug-likeness (QED) is 0.827. The van der Waals surface area contributed by atoms with E-state index in [-0.39, 0.29) is 0 Å². The predicted octanol–water partition coefficient (Wildman–Crippen LogP) is 4.38. The lowest BCUT2D eigenvalue weighted by molar-refractivity contribution is 0.0163. The van der Waals surface area contributed by atoms with Gasteiger partial charge in [-0.3, -0.25) is 0 Å². The lowest BCUT2D eigenvalue weighted by atomic mass is 9.57. The van der Waals surface area contributed by atoms with Crippen molar-refractivity contribution >= 4 is 0 Å². The smallest absolute Gasteiger partial charge is 0.0328 e. The maximum Gasteiger partial charge on any atom is 0.0328 e. The second kappa shape index (κ2) is 4.63. The van der Waals surface area contributed by atoms with Gasteiger partial charge in [0.05, 0.1) is 0 Å². The van der Waals surface area contributed by atoms with E-state index in [1.807, 2.05) is 0 Å². The molecule has 1 heteroatoms. The van der Waals surface area contributed by atoms with Crippen molar-refractivity contribution in [1.29, 1.82) is 0 Å². The summed E-state index contributed by atoms with van der Waals surface area (Å²) in [6, 6.07) is 10.5. The molecule has 19 heavy (non-hydrogen) atoms. The van der Waals surface area contributed by atoms with Crippen molar-refractivity contribution in [1.82, 2.24) is 5.32 Å². The molecule has 0 saturated heterocycles. The molecule has 1 aromatic carbocycles. The van der Waals surface area contributed by atoms with E-state index in [4.69, 9.17) is 0 Å². The van der Waals surface area contributed by atoms with Gasteiger partial charge in [0, 0.05) is 12.1 Å². The fourth-order valence-electron chi connectivity index (χ4n) is 4.78. The molecule has 0 aliphatic heterocycles. The standard InChI is InChI=1S/C18H25N/c1-4-11-18(12-5-1)13-10-17(18)19-16-9-8-14-6-2-3-7-15(14)16/h2-3,6-7,16-17,19H,1,4-5,8-13H2. The summed E-state index contributed by atoms with van der Waals surface area (Å²) in [5.41, 5.74) is 3.85. The van der Waals surface area contributed by atoms with Crippen molar-refractivity contribution in [2.24, 2.45) is 5.41 Å². The normalized spacial score (nSPS) is 32.0. The second-order valence-corrected chi connectivity index (χ2v) is 6.97. The zero-order valence-corrected chi connectivity index (χ0v) is 11.8. The van der Waals surface area contributed by atoms with Crippen molar-refractivity contribution in [3.63, 3.8) is 0 Å². The molecule has 0 heterocycles. The maximum atomic E-state index is 4.03. The van der Waals surface area contributed by atoms with E-state index < -0.39 is 0 Å². The molecule has 1 aromatic rings. The fraction of sp³-hybridized carbons (Fsp3) is 0.667. The molecule has 102 valence electrons. The van der Waals surface area contributed by atoms with Gasteiger partial charge in [0.2, 0.25) is 0 Å². The number of rotatable bonds is 2. The number of nitrogens with one attached hydrogen (secondary N) is 1. The van der Waals surface area contributed by atoms with Crippen molar-refractivity contribution < 1.29 is 0 Å². The van der Waals surface area contributed by atoms with Gasteiger partial charge in [0.1, 0.15) is 0 Å². The molecular formula is C18H25N. The van der Waals surface area contributed by atoms with Gasteiger partial charge in [0.15, 0.2) is 0 Å². The molecule has 2 unspecified atom stereocenters. The maximum absolute atomic E-state index is 4.03. The number of aryl methyl sites for hydroxylation is 1. The third-order valence-electron chi connectivity index (χ3n) is 6.05. The summed E-state index contributed by atoms with van der Waals surface area (Å²) >= 11 is 0. The Bertz CT molecular complexity index is 459. The highest BCUT2D eigenvalue weighted by molar-refractivity contribution is 5.34. The Morgan fingerprint density at radius 3 is 2.58 bits per heavy atom. The van der Waals surface area contributed by atoms with Gasteiger partial charge in [0.25, 0.3) is 0 Å². The Labute approximate surface area is 116 Å². The first-order valence-electron chi connectivity index (χ1n) is 8.21. The molecule has 0 aromatic heterocycles. The van der Waals surface area contributed by atoms with Gasteiger partial charge in [-0.2, -0.15) is 0 Å². The van der Waals surface area contributed by atoms with Crippen molar-refractivity contribution in [3.8, 4) is 0 Å². The zero-order valence-electron chi connectivity index (χ0n) is 11.8. The molecule has 2 atom stereocenters. The molecule has 2 fully saturated rings. The Morgan fingerprint density at radius 1 is 0.947 bits per heavy atom. The largest absolute Gasteiger partial charge is 0.307 e. The molecule has 0 radical (unpaired) electrons. The highest BCUT2D eigenvalue weighted by Crippen LogP contribution is 2.52. The number of benzene rings is 1. The van der Waals surface area contributed by atoms with Crippen LogP contribution in [0.5, 0.6) is 0 Å². The van der Waals surface area contributed by atoms with Crippen LogP contribution in [0.4, 0.5) is 0 Å². The highest BCUT2D eigenvalue weighted by atomic mass is 15.0. The van der Waals surface area contributed by atoms with Crippen LogP contribution in [0, 0.1) is 5.41 Å². The van der Waals surface area contributed by atoms with Crippen LogP contribution in [0.3, 0.4) is 0 Å². The van der Waals surface area contributed by atoms with E-state index in [9.17, 15) is 0 Å². The molecule has 0 amide bonds. The topological polar surface area (TPSA) is 12.0 Å². The van der Waals surface area contributed by atoms with Gasteiger partial charge in [-0.1, -0.05) is 43.5 Å². The molecule has 3 aliphatic carbocycles. The summed E-state index contributed by atoms with van der Waals surface area (Å²) in [7, 11) is 0. The van der Waals surface area contributed by atoms with Gasteiger partial charge < -0.3 is 5.32 Å². The van der Waals surface area contributed by atoms with Gasteiger partial charge in [-0.05, 0) is 55.1 Å². The fourth-order valence-corrected chi connectivity index (χ4v) is 4.78. The first kappa shape index (κ1) is 12.0. The lowest BCUT2D eigenvalue weighted by Crippen LogP contribution is -2.54.